The van der Waals surface area contributed by atoms with Gasteiger partial charge in [0.15, 0.2) is 0 Å². The summed E-state index contributed by atoms with van der Waals surface area (Å²) < 4.78 is 13.0. The number of nitrogen functional groups attached to an aromatic ring is 1. The third-order valence-corrected chi connectivity index (χ3v) is 5.71. The van der Waals surface area contributed by atoms with E-state index in [0.717, 1.165) is 54.6 Å². The van der Waals surface area contributed by atoms with Gasteiger partial charge < -0.3 is 11.1 Å². The van der Waals surface area contributed by atoms with Crippen molar-refractivity contribution >= 4 is 17.3 Å². The highest BCUT2D eigenvalue weighted by Gasteiger charge is 2.24. The summed E-state index contributed by atoms with van der Waals surface area (Å²) in [5, 5.41) is 3.07. The highest BCUT2D eigenvalue weighted by Crippen LogP contribution is 2.32. The topological polar surface area (TPSA) is 55.1 Å². The molecule has 2 aromatic carbocycles. The van der Waals surface area contributed by atoms with Gasteiger partial charge in [-0.05, 0) is 91.5 Å². The van der Waals surface area contributed by atoms with Crippen LogP contribution in [0.15, 0.2) is 24.3 Å². The van der Waals surface area contributed by atoms with Crippen molar-refractivity contribution in [1.29, 1.82) is 0 Å². The summed E-state index contributed by atoms with van der Waals surface area (Å²) in [4.78, 5) is 12.0. The number of hydrogen-bond acceptors (Lipinski definition) is 2. The monoisotopic (exact) mass is 382 g/mol. The SMILES string of the molecule is Cc1ccc(NC(=O)C(C)(C)C)c2c1CCC2.Nc1ccc(F)c2c1CCC2. The van der Waals surface area contributed by atoms with Crippen LogP contribution in [0.1, 0.15) is 61.4 Å². The summed E-state index contributed by atoms with van der Waals surface area (Å²) >= 11 is 0. The molecule has 1 amide bonds. The van der Waals surface area contributed by atoms with Crippen LogP contribution in [0, 0.1) is 18.2 Å². The maximum Gasteiger partial charge on any atom is 0.229 e. The molecule has 0 bridgehead atoms. The number of rotatable bonds is 1. The van der Waals surface area contributed by atoms with E-state index in [1.807, 2.05) is 26.8 Å². The summed E-state index contributed by atoms with van der Waals surface area (Å²) in [6.45, 7) is 7.98. The fourth-order valence-corrected chi connectivity index (χ4v) is 4.00. The highest BCUT2D eigenvalue weighted by molar-refractivity contribution is 5.95. The molecular formula is C24H31FN2O. The van der Waals surface area contributed by atoms with Crippen LogP contribution < -0.4 is 11.1 Å². The first-order chi connectivity index (χ1) is 13.2. The van der Waals surface area contributed by atoms with E-state index in [2.05, 4.69) is 18.3 Å². The fourth-order valence-electron chi connectivity index (χ4n) is 4.00. The number of nitrogens with two attached hydrogens (primary N) is 1. The van der Waals surface area contributed by atoms with Gasteiger partial charge in [-0.15, -0.1) is 0 Å². The normalized spacial score (nSPS) is 14.8. The zero-order valence-electron chi connectivity index (χ0n) is 17.4. The second-order valence-corrected chi connectivity index (χ2v) is 8.89. The molecule has 28 heavy (non-hydrogen) atoms. The van der Waals surface area contributed by atoms with Gasteiger partial charge in [0.25, 0.3) is 0 Å². The Morgan fingerprint density at radius 1 is 0.929 bits per heavy atom. The van der Waals surface area contributed by atoms with Gasteiger partial charge in [-0.2, -0.15) is 0 Å². The fraction of sp³-hybridized carbons (Fsp3) is 0.458. The molecule has 0 aliphatic heterocycles. The molecule has 4 rings (SSSR count). The second-order valence-electron chi connectivity index (χ2n) is 8.89. The molecule has 3 nitrogen and oxygen atoms in total. The van der Waals surface area contributed by atoms with Crippen molar-refractivity contribution in [2.24, 2.45) is 5.41 Å². The maximum atomic E-state index is 13.0. The molecule has 0 heterocycles. The number of carbonyl (C=O) groups is 1. The van der Waals surface area contributed by atoms with Crippen molar-refractivity contribution in [2.75, 3.05) is 11.1 Å². The minimum absolute atomic E-state index is 0.0910. The van der Waals surface area contributed by atoms with Crippen LogP contribution in [0.3, 0.4) is 0 Å². The molecule has 3 N–H and O–H groups in total. The minimum Gasteiger partial charge on any atom is -0.398 e. The number of halogens is 1. The smallest absolute Gasteiger partial charge is 0.229 e. The van der Waals surface area contributed by atoms with E-state index < -0.39 is 0 Å². The molecule has 0 fully saturated rings. The quantitative estimate of drug-likeness (QED) is 0.652. The van der Waals surface area contributed by atoms with Crippen molar-refractivity contribution in [3.8, 4) is 0 Å². The summed E-state index contributed by atoms with van der Waals surface area (Å²) in [6.07, 6.45) is 6.29. The predicted octanol–water partition coefficient (Wildman–Crippen LogP) is 5.36. The number of benzene rings is 2. The van der Waals surface area contributed by atoms with E-state index in [1.165, 1.54) is 29.2 Å². The van der Waals surface area contributed by atoms with Crippen LogP contribution >= 0.6 is 0 Å². The van der Waals surface area contributed by atoms with Gasteiger partial charge >= 0.3 is 0 Å². The lowest BCUT2D eigenvalue weighted by molar-refractivity contribution is -0.123. The van der Waals surface area contributed by atoms with Gasteiger partial charge in [0.05, 0.1) is 0 Å². The Kier molecular flexibility index (Phi) is 5.78. The molecule has 0 saturated heterocycles. The highest BCUT2D eigenvalue weighted by atomic mass is 19.1. The molecular weight excluding hydrogens is 351 g/mol. The second kappa shape index (κ2) is 7.94. The van der Waals surface area contributed by atoms with Gasteiger partial charge in [-0.25, -0.2) is 4.39 Å². The molecule has 0 spiro atoms. The minimum atomic E-state index is -0.337. The molecule has 2 aromatic rings. The molecule has 0 unspecified atom stereocenters. The van der Waals surface area contributed by atoms with Crippen LogP contribution in [-0.2, 0) is 30.5 Å². The van der Waals surface area contributed by atoms with Crippen LogP contribution in [-0.4, -0.2) is 5.91 Å². The van der Waals surface area contributed by atoms with Crippen LogP contribution in [0.25, 0.3) is 0 Å². The number of nitrogens with one attached hydrogen (secondary N) is 1. The number of aryl methyl sites for hydroxylation is 1. The lowest BCUT2D eigenvalue weighted by atomic mass is 9.95. The van der Waals surface area contributed by atoms with Crippen LogP contribution in [0.4, 0.5) is 15.8 Å². The Bertz CT molecular complexity index is 867. The Labute approximate surface area is 167 Å². The molecule has 2 aliphatic rings. The van der Waals surface area contributed by atoms with Gasteiger partial charge in [-0.1, -0.05) is 26.8 Å². The number of hydrogen-bond donors (Lipinski definition) is 2. The first-order valence-electron chi connectivity index (χ1n) is 10.2. The van der Waals surface area contributed by atoms with E-state index in [9.17, 15) is 9.18 Å². The van der Waals surface area contributed by atoms with E-state index in [0.29, 0.717) is 0 Å². The van der Waals surface area contributed by atoms with Crippen molar-refractivity contribution < 1.29 is 9.18 Å². The third-order valence-electron chi connectivity index (χ3n) is 5.71. The lowest BCUT2D eigenvalue weighted by Gasteiger charge is -2.19. The van der Waals surface area contributed by atoms with E-state index in [1.54, 1.807) is 6.07 Å². The maximum absolute atomic E-state index is 13.0. The molecule has 0 aromatic heterocycles. The van der Waals surface area contributed by atoms with Gasteiger partial charge in [0.1, 0.15) is 5.82 Å². The lowest BCUT2D eigenvalue weighted by Crippen LogP contribution is -2.28. The van der Waals surface area contributed by atoms with Crippen LogP contribution in [0.5, 0.6) is 0 Å². The van der Waals surface area contributed by atoms with Crippen molar-refractivity contribution in [2.45, 2.75) is 66.2 Å². The number of fused-ring (bicyclic) bond motifs is 2. The molecule has 2 aliphatic carbocycles. The standard InChI is InChI=1S/C15H21NO.C9H10FN/c1-10-8-9-13(12-7-5-6-11(10)12)16-14(17)15(2,3)4;10-8-4-5-9(11)7-3-1-2-6(7)8/h8-9H,5-7H2,1-4H3,(H,16,17);4-5H,1-3,11H2. The Hall–Kier alpha value is -2.36. The zero-order valence-corrected chi connectivity index (χ0v) is 17.4. The summed E-state index contributed by atoms with van der Waals surface area (Å²) in [7, 11) is 0. The number of anilines is 2. The van der Waals surface area contributed by atoms with Gasteiger partial charge in [0.2, 0.25) is 5.91 Å². The molecule has 0 atom stereocenters. The van der Waals surface area contributed by atoms with Crippen molar-refractivity contribution in [3.63, 3.8) is 0 Å². The first kappa shape index (κ1) is 20.4. The average molecular weight is 383 g/mol. The zero-order chi connectivity index (χ0) is 20.5. The number of carbonyl (C=O) groups excluding carboxylic acids is 1. The van der Waals surface area contributed by atoms with Crippen molar-refractivity contribution in [1.82, 2.24) is 0 Å². The molecule has 4 heteroatoms. The van der Waals surface area contributed by atoms with E-state index in [4.69, 9.17) is 5.73 Å². The first-order valence-corrected chi connectivity index (χ1v) is 10.2. The summed E-state index contributed by atoms with van der Waals surface area (Å²) in [6, 6.07) is 7.27. The third kappa shape index (κ3) is 4.21. The average Bonchev–Trinajstić information content (AvgIpc) is 3.30. The summed E-state index contributed by atoms with van der Waals surface area (Å²) in [5.41, 5.74) is 13.1. The Balaban J connectivity index is 0.000000176. The molecule has 0 radical (unpaired) electrons. The Morgan fingerprint density at radius 3 is 2.18 bits per heavy atom. The summed E-state index contributed by atoms with van der Waals surface area (Å²) in [5.74, 6) is 0.00199. The largest absolute Gasteiger partial charge is 0.398 e. The number of amides is 1. The van der Waals surface area contributed by atoms with E-state index in [-0.39, 0.29) is 17.1 Å². The van der Waals surface area contributed by atoms with Crippen LogP contribution in [0.2, 0.25) is 0 Å². The molecule has 0 saturated carbocycles. The van der Waals surface area contributed by atoms with Gasteiger partial charge in [-0.3, -0.25) is 4.79 Å². The Morgan fingerprint density at radius 2 is 1.54 bits per heavy atom. The van der Waals surface area contributed by atoms with Gasteiger partial charge in [0, 0.05) is 16.8 Å². The van der Waals surface area contributed by atoms with Crippen molar-refractivity contribution in [3.05, 3.63) is 57.9 Å². The predicted molar refractivity (Wildman–Crippen MR) is 114 cm³/mol. The van der Waals surface area contributed by atoms with E-state index >= 15 is 0 Å². The molecule has 150 valence electrons.